The minimum absolute atomic E-state index is 0.120. The van der Waals surface area contributed by atoms with Crippen molar-refractivity contribution >= 4 is 16.8 Å². The second-order valence-electron chi connectivity index (χ2n) is 10.1. The summed E-state index contributed by atoms with van der Waals surface area (Å²) < 4.78 is 16.6. The van der Waals surface area contributed by atoms with Crippen molar-refractivity contribution in [1.82, 2.24) is 9.88 Å². The summed E-state index contributed by atoms with van der Waals surface area (Å²) in [5, 5.41) is 12.7. The summed E-state index contributed by atoms with van der Waals surface area (Å²) in [5.41, 5.74) is 5.44. The lowest BCUT2D eigenvalue weighted by atomic mass is 9.54. The molecule has 2 aliphatic carbocycles. The Labute approximate surface area is 204 Å². The number of hydrogen-bond donors (Lipinski definition) is 1. The SMILES string of the molecule is N#Cc1ccc(-c2ccc(Cn3ccc4c(F)ccc(C(=O)NC5CC6(CCC6)C5)c43)cc2)cc1. The molecule has 0 atom stereocenters. The van der Waals surface area contributed by atoms with E-state index in [2.05, 4.69) is 11.4 Å². The van der Waals surface area contributed by atoms with Gasteiger partial charge in [-0.15, -0.1) is 0 Å². The first kappa shape index (κ1) is 21.6. The third kappa shape index (κ3) is 3.89. The van der Waals surface area contributed by atoms with Crippen LogP contribution in [-0.2, 0) is 6.54 Å². The van der Waals surface area contributed by atoms with Crippen molar-refractivity contribution in [2.24, 2.45) is 5.41 Å². The maximum absolute atomic E-state index is 14.6. The van der Waals surface area contributed by atoms with Gasteiger partial charge in [0.15, 0.2) is 0 Å². The van der Waals surface area contributed by atoms with Crippen LogP contribution in [0.5, 0.6) is 0 Å². The van der Waals surface area contributed by atoms with Crippen LogP contribution in [0.2, 0.25) is 0 Å². The topological polar surface area (TPSA) is 57.8 Å². The van der Waals surface area contributed by atoms with E-state index in [4.69, 9.17) is 5.26 Å². The van der Waals surface area contributed by atoms with Gasteiger partial charge in [-0.2, -0.15) is 5.26 Å². The maximum Gasteiger partial charge on any atom is 0.253 e. The molecule has 2 aliphatic rings. The molecule has 6 rings (SSSR count). The summed E-state index contributed by atoms with van der Waals surface area (Å²) in [6.07, 6.45) is 7.86. The molecule has 0 radical (unpaired) electrons. The van der Waals surface area contributed by atoms with Crippen molar-refractivity contribution in [2.75, 3.05) is 0 Å². The Morgan fingerprint density at radius 3 is 2.31 bits per heavy atom. The summed E-state index contributed by atoms with van der Waals surface area (Å²) in [6.45, 7) is 0.535. The van der Waals surface area contributed by atoms with Gasteiger partial charge in [-0.05, 0) is 78.1 Å². The molecule has 2 fully saturated rings. The Hall–Kier alpha value is -3.91. The van der Waals surface area contributed by atoms with Gasteiger partial charge in [-0.25, -0.2) is 4.39 Å². The largest absolute Gasteiger partial charge is 0.349 e. The summed E-state index contributed by atoms with van der Waals surface area (Å²) >= 11 is 0. The molecule has 35 heavy (non-hydrogen) atoms. The van der Waals surface area contributed by atoms with Crippen LogP contribution in [0.15, 0.2) is 72.9 Å². The van der Waals surface area contributed by atoms with Crippen LogP contribution in [0.25, 0.3) is 22.0 Å². The average molecular weight is 464 g/mol. The van der Waals surface area contributed by atoms with Gasteiger partial charge in [-0.3, -0.25) is 4.79 Å². The van der Waals surface area contributed by atoms with Crippen LogP contribution in [0.1, 0.15) is 53.6 Å². The fourth-order valence-corrected chi connectivity index (χ4v) is 5.78. The van der Waals surface area contributed by atoms with Crippen LogP contribution in [0.3, 0.4) is 0 Å². The van der Waals surface area contributed by atoms with Crippen molar-refractivity contribution in [2.45, 2.75) is 44.7 Å². The highest BCUT2D eigenvalue weighted by Gasteiger charge is 2.48. The summed E-state index contributed by atoms with van der Waals surface area (Å²) in [7, 11) is 0. The summed E-state index contributed by atoms with van der Waals surface area (Å²) in [6, 6.07) is 22.8. The number of carbonyl (C=O) groups excluding carboxylic acids is 1. The van der Waals surface area contributed by atoms with Crippen molar-refractivity contribution in [3.05, 3.63) is 95.4 Å². The van der Waals surface area contributed by atoms with Gasteiger partial charge >= 0.3 is 0 Å². The molecule has 4 aromatic rings. The monoisotopic (exact) mass is 463 g/mol. The number of rotatable bonds is 5. The molecule has 1 aromatic heterocycles. The number of halogens is 1. The molecule has 1 amide bonds. The van der Waals surface area contributed by atoms with E-state index in [-0.39, 0.29) is 17.8 Å². The molecule has 3 aromatic carbocycles. The summed E-state index contributed by atoms with van der Waals surface area (Å²) in [4.78, 5) is 13.2. The van der Waals surface area contributed by atoms with E-state index in [0.29, 0.717) is 34.0 Å². The lowest BCUT2D eigenvalue weighted by molar-refractivity contribution is -0.000603. The Bertz CT molecular complexity index is 1450. The number of hydrogen-bond acceptors (Lipinski definition) is 2. The van der Waals surface area contributed by atoms with Crippen LogP contribution in [0, 0.1) is 22.6 Å². The van der Waals surface area contributed by atoms with E-state index in [9.17, 15) is 9.18 Å². The first-order valence-corrected chi connectivity index (χ1v) is 12.2. The Kier molecular flexibility index (Phi) is 5.18. The Morgan fingerprint density at radius 1 is 1.00 bits per heavy atom. The molecule has 2 saturated carbocycles. The van der Waals surface area contributed by atoms with Gasteiger partial charge in [0.05, 0.1) is 22.7 Å². The highest BCUT2D eigenvalue weighted by Crippen LogP contribution is 2.55. The van der Waals surface area contributed by atoms with Crippen molar-refractivity contribution < 1.29 is 9.18 Å². The van der Waals surface area contributed by atoms with E-state index < -0.39 is 0 Å². The molecule has 1 heterocycles. The number of fused-ring (bicyclic) bond motifs is 1. The van der Waals surface area contributed by atoms with Crippen LogP contribution < -0.4 is 5.32 Å². The second kappa shape index (κ2) is 8.39. The average Bonchev–Trinajstić information content (AvgIpc) is 3.25. The molecule has 0 unspecified atom stereocenters. The predicted molar refractivity (Wildman–Crippen MR) is 134 cm³/mol. The van der Waals surface area contributed by atoms with Gasteiger partial charge < -0.3 is 9.88 Å². The molecule has 0 aliphatic heterocycles. The Morgan fingerprint density at radius 2 is 1.69 bits per heavy atom. The quantitative estimate of drug-likeness (QED) is 0.371. The highest BCUT2D eigenvalue weighted by molar-refractivity contribution is 6.06. The molecule has 5 heteroatoms. The van der Waals surface area contributed by atoms with E-state index in [1.165, 1.54) is 25.3 Å². The van der Waals surface area contributed by atoms with E-state index in [1.54, 1.807) is 12.1 Å². The number of amides is 1. The first-order valence-electron chi connectivity index (χ1n) is 12.2. The standard InChI is InChI=1S/C30H26FN3O/c31-27-11-10-26(29(35)33-24-16-30(17-24)13-1-14-30)28-25(27)12-15-34(28)19-21-4-8-23(9-5-21)22-6-2-20(18-32)3-7-22/h2-12,15,24H,1,13-14,16-17,19H2,(H,33,35). The maximum atomic E-state index is 14.6. The fraction of sp³-hybridized carbons (Fsp3) is 0.267. The predicted octanol–water partition coefficient (Wildman–Crippen LogP) is 6.43. The molecular weight excluding hydrogens is 437 g/mol. The van der Waals surface area contributed by atoms with Crippen LogP contribution in [-0.4, -0.2) is 16.5 Å². The lowest BCUT2D eigenvalue weighted by Gasteiger charge is -2.54. The van der Waals surface area contributed by atoms with Crippen molar-refractivity contribution in [3.63, 3.8) is 0 Å². The number of nitrogens with zero attached hydrogens (tertiary/aromatic N) is 2. The normalized spacial score (nSPS) is 16.5. The van der Waals surface area contributed by atoms with Gasteiger partial charge in [0.25, 0.3) is 5.91 Å². The van der Waals surface area contributed by atoms with Gasteiger partial charge in [-0.1, -0.05) is 42.8 Å². The van der Waals surface area contributed by atoms with E-state index in [1.807, 2.05) is 59.3 Å². The molecule has 1 N–H and O–H groups in total. The Balaban J connectivity index is 1.23. The third-order valence-corrected chi connectivity index (χ3v) is 7.88. The molecule has 0 saturated heterocycles. The molecule has 1 spiro atoms. The zero-order valence-corrected chi connectivity index (χ0v) is 19.4. The van der Waals surface area contributed by atoms with Gasteiger partial charge in [0.1, 0.15) is 5.82 Å². The molecular formula is C30H26FN3O. The minimum atomic E-state index is -0.316. The van der Waals surface area contributed by atoms with Crippen molar-refractivity contribution in [1.29, 1.82) is 5.26 Å². The van der Waals surface area contributed by atoms with E-state index >= 15 is 0 Å². The summed E-state index contributed by atoms with van der Waals surface area (Å²) in [5.74, 6) is -0.436. The number of benzene rings is 3. The van der Waals surface area contributed by atoms with Crippen LogP contribution >= 0.6 is 0 Å². The van der Waals surface area contributed by atoms with Crippen LogP contribution in [0.4, 0.5) is 4.39 Å². The molecule has 4 nitrogen and oxygen atoms in total. The molecule has 0 bridgehead atoms. The number of nitriles is 1. The highest BCUT2D eigenvalue weighted by atomic mass is 19.1. The zero-order valence-electron chi connectivity index (χ0n) is 19.4. The van der Waals surface area contributed by atoms with Gasteiger partial charge in [0, 0.05) is 24.2 Å². The zero-order chi connectivity index (χ0) is 24.0. The van der Waals surface area contributed by atoms with E-state index in [0.717, 1.165) is 29.5 Å². The van der Waals surface area contributed by atoms with Crippen molar-refractivity contribution in [3.8, 4) is 17.2 Å². The fourth-order valence-electron chi connectivity index (χ4n) is 5.78. The third-order valence-electron chi connectivity index (χ3n) is 7.88. The minimum Gasteiger partial charge on any atom is -0.349 e. The van der Waals surface area contributed by atoms with Gasteiger partial charge in [0.2, 0.25) is 0 Å². The number of aromatic nitrogens is 1. The first-order chi connectivity index (χ1) is 17.0. The number of carbonyl (C=O) groups is 1. The number of nitrogens with one attached hydrogen (secondary N) is 1. The lowest BCUT2D eigenvalue weighted by Crippen LogP contribution is -2.53. The smallest absolute Gasteiger partial charge is 0.253 e. The second-order valence-corrected chi connectivity index (χ2v) is 10.1. The molecule has 174 valence electrons.